The van der Waals surface area contributed by atoms with E-state index in [1.807, 2.05) is 6.07 Å². The zero-order valence-corrected chi connectivity index (χ0v) is 10.1. The molecule has 0 saturated carbocycles. The molecule has 1 unspecified atom stereocenters. The molecule has 0 radical (unpaired) electrons. The molecule has 0 heterocycles. The molecule has 4 heteroatoms. The predicted molar refractivity (Wildman–Crippen MR) is 60.9 cm³/mol. The number of rotatable bonds is 5. The highest BCUT2D eigenvalue weighted by molar-refractivity contribution is 5.51. The second-order valence-corrected chi connectivity index (χ2v) is 3.48. The van der Waals surface area contributed by atoms with Crippen molar-refractivity contribution in [2.45, 2.75) is 19.6 Å². The number of hydrogen-bond donors (Lipinski definition) is 1. The van der Waals surface area contributed by atoms with E-state index >= 15 is 0 Å². The van der Waals surface area contributed by atoms with Gasteiger partial charge in [-0.2, -0.15) is 0 Å². The third-order valence-corrected chi connectivity index (χ3v) is 2.38. The Kier molecular flexibility index (Phi) is 4.58. The van der Waals surface area contributed by atoms with Crippen molar-refractivity contribution in [2.24, 2.45) is 0 Å². The fraction of sp³-hybridized carbons (Fsp3) is 0.500. The summed E-state index contributed by atoms with van der Waals surface area (Å²) in [6.45, 7) is 2.11. The maximum Gasteiger partial charge on any atom is 0.133 e. The van der Waals surface area contributed by atoms with E-state index in [2.05, 4.69) is 0 Å². The van der Waals surface area contributed by atoms with Crippen molar-refractivity contribution in [2.75, 3.05) is 21.3 Å². The minimum atomic E-state index is -0.651. The maximum absolute atomic E-state index is 9.74. The first-order chi connectivity index (χ1) is 7.65. The van der Waals surface area contributed by atoms with Gasteiger partial charge in [0, 0.05) is 12.7 Å². The first-order valence-corrected chi connectivity index (χ1v) is 5.06. The molecule has 90 valence electrons. The van der Waals surface area contributed by atoms with Crippen molar-refractivity contribution in [3.63, 3.8) is 0 Å². The Labute approximate surface area is 95.8 Å². The second-order valence-electron chi connectivity index (χ2n) is 3.48. The lowest BCUT2D eigenvalue weighted by atomic mass is 10.0. The van der Waals surface area contributed by atoms with Gasteiger partial charge >= 0.3 is 0 Å². The van der Waals surface area contributed by atoms with E-state index in [1.165, 1.54) is 0 Å². The van der Waals surface area contributed by atoms with Gasteiger partial charge in [-0.25, -0.2) is 0 Å². The molecule has 0 bridgehead atoms. The first-order valence-electron chi connectivity index (χ1n) is 5.06. The molecular weight excluding hydrogens is 208 g/mol. The molecule has 0 fully saturated rings. The van der Waals surface area contributed by atoms with Gasteiger partial charge in [-0.3, -0.25) is 0 Å². The number of methoxy groups -OCH3 is 3. The standard InChI is InChI=1S/C12H18O4/c1-8(13)11-10(15-3)6-5-9(7-14-2)12(11)16-4/h5-6,8,13H,7H2,1-4H3. The van der Waals surface area contributed by atoms with Crippen molar-refractivity contribution >= 4 is 0 Å². The van der Waals surface area contributed by atoms with Crippen LogP contribution in [0, 0.1) is 0 Å². The SMILES string of the molecule is COCc1ccc(OC)c(C(C)O)c1OC. The summed E-state index contributed by atoms with van der Waals surface area (Å²) in [7, 11) is 4.75. The third-order valence-electron chi connectivity index (χ3n) is 2.38. The summed E-state index contributed by atoms with van der Waals surface area (Å²) in [6, 6.07) is 3.67. The van der Waals surface area contributed by atoms with Crippen molar-refractivity contribution in [1.82, 2.24) is 0 Å². The Hall–Kier alpha value is -1.26. The van der Waals surface area contributed by atoms with Crippen LogP contribution in [0.2, 0.25) is 0 Å². The van der Waals surface area contributed by atoms with Crippen LogP contribution in [-0.2, 0) is 11.3 Å². The van der Waals surface area contributed by atoms with Gasteiger partial charge in [0.1, 0.15) is 11.5 Å². The van der Waals surface area contributed by atoms with Crippen LogP contribution in [0.3, 0.4) is 0 Å². The van der Waals surface area contributed by atoms with Crippen LogP contribution >= 0.6 is 0 Å². The molecule has 0 aromatic heterocycles. The Balaban J connectivity index is 3.31. The van der Waals surface area contributed by atoms with E-state index in [1.54, 1.807) is 34.3 Å². The highest BCUT2D eigenvalue weighted by Gasteiger charge is 2.18. The summed E-state index contributed by atoms with van der Waals surface area (Å²) in [5, 5.41) is 9.74. The Morgan fingerprint density at radius 2 is 1.88 bits per heavy atom. The molecule has 0 saturated heterocycles. The summed E-state index contributed by atoms with van der Waals surface area (Å²) in [5.41, 5.74) is 1.54. The van der Waals surface area contributed by atoms with E-state index in [0.717, 1.165) is 5.56 Å². The summed E-state index contributed by atoms with van der Waals surface area (Å²) in [5.74, 6) is 1.24. The molecule has 1 atom stereocenters. The van der Waals surface area contributed by atoms with Gasteiger partial charge in [-0.1, -0.05) is 0 Å². The van der Waals surface area contributed by atoms with Crippen molar-refractivity contribution in [3.8, 4) is 11.5 Å². The van der Waals surface area contributed by atoms with Crippen LogP contribution in [0.1, 0.15) is 24.2 Å². The number of hydrogen-bond acceptors (Lipinski definition) is 4. The molecule has 4 nitrogen and oxygen atoms in total. The molecular formula is C12H18O4. The van der Waals surface area contributed by atoms with Crippen molar-refractivity contribution < 1.29 is 19.3 Å². The van der Waals surface area contributed by atoms with Crippen LogP contribution in [-0.4, -0.2) is 26.4 Å². The molecule has 16 heavy (non-hydrogen) atoms. The summed E-state index contributed by atoms with van der Waals surface area (Å²) >= 11 is 0. The zero-order valence-electron chi connectivity index (χ0n) is 10.1. The van der Waals surface area contributed by atoms with Crippen LogP contribution in [0.15, 0.2) is 12.1 Å². The van der Waals surface area contributed by atoms with Gasteiger partial charge in [0.05, 0.1) is 32.5 Å². The maximum atomic E-state index is 9.74. The number of aliphatic hydroxyl groups excluding tert-OH is 1. The van der Waals surface area contributed by atoms with Crippen molar-refractivity contribution in [1.29, 1.82) is 0 Å². The normalized spacial score (nSPS) is 12.3. The fourth-order valence-corrected chi connectivity index (χ4v) is 1.71. The molecule has 1 aromatic carbocycles. The highest BCUT2D eigenvalue weighted by Crippen LogP contribution is 2.37. The zero-order chi connectivity index (χ0) is 12.1. The number of benzene rings is 1. The smallest absolute Gasteiger partial charge is 0.133 e. The number of ether oxygens (including phenoxy) is 3. The first kappa shape index (κ1) is 12.8. The molecule has 1 rings (SSSR count). The van der Waals surface area contributed by atoms with Crippen LogP contribution in [0.5, 0.6) is 11.5 Å². The highest BCUT2D eigenvalue weighted by atomic mass is 16.5. The Morgan fingerprint density at radius 1 is 1.19 bits per heavy atom. The minimum absolute atomic E-state index is 0.437. The van der Waals surface area contributed by atoms with E-state index in [-0.39, 0.29) is 0 Å². The van der Waals surface area contributed by atoms with E-state index < -0.39 is 6.10 Å². The minimum Gasteiger partial charge on any atom is -0.496 e. The molecule has 0 aliphatic heterocycles. The van der Waals surface area contributed by atoms with E-state index in [4.69, 9.17) is 14.2 Å². The third kappa shape index (κ3) is 2.46. The van der Waals surface area contributed by atoms with E-state index in [0.29, 0.717) is 23.7 Å². The fourth-order valence-electron chi connectivity index (χ4n) is 1.71. The summed E-state index contributed by atoms with van der Waals surface area (Å²) < 4.78 is 15.6. The molecule has 1 N–H and O–H groups in total. The average molecular weight is 226 g/mol. The van der Waals surface area contributed by atoms with Gasteiger partial charge in [-0.15, -0.1) is 0 Å². The van der Waals surface area contributed by atoms with Gasteiger partial charge in [-0.05, 0) is 19.1 Å². The average Bonchev–Trinajstić information content (AvgIpc) is 2.28. The summed E-state index contributed by atoms with van der Waals surface area (Å²) in [4.78, 5) is 0. The van der Waals surface area contributed by atoms with Gasteiger partial charge < -0.3 is 19.3 Å². The van der Waals surface area contributed by atoms with E-state index in [9.17, 15) is 5.11 Å². The molecule has 0 aliphatic carbocycles. The van der Waals surface area contributed by atoms with Gasteiger partial charge in [0.15, 0.2) is 0 Å². The molecule has 0 aliphatic rings. The van der Waals surface area contributed by atoms with Crippen LogP contribution in [0.4, 0.5) is 0 Å². The number of aliphatic hydroxyl groups is 1. The lowest BCUT2D eigenvalue weighted by Gasteiger charge is -2.18. The second kappa shape index (κ2) is 5.72. The van der Waals surface area contributed by atoms with Gasteiger partial charge in [0.2, 0.25) is 0 Å². The topological polar surface area (TPSA) is 47.9 Å². The van der Waals surface area contributed by atoms with Crippen LogP contribution in [0.25, 0.3) is 0 Å². The van der Waals surface area contributed by atoms with Crippen molar-refractivity contribution in [3.05, 3.63) is 23.3 Å². The van der Waals surface area contributed by atoms with Gasteiger partial charge in [0.25, 0.3) is 0 Å². The quantitative estimate of drug-likeness (QED) is 0.833. The Bertz CT molecular complexity index is 347. The lowest BCUT2D eigenvalue weighted by molar-refractivity contribution is 0.174. The largest absolute Gasteiger partial charge is 0.496 e. The molecule has 0 spiro atoms. The summed E-state index contributed by atoms with van der Waals surface area (Å²) in [6.07, 6.45) is -0.651. The molecule has 1 aromatic rings. The monoisotopic (exact) mass is 226 g/mol. The lowest BCUT2D eigenvalue weighted by Crippen LogP contribution is -2.04. The predicted octanol–water partition coefficient (Wildman–Crippen LogP) is 1.90. The molecule has 0 amide bonds. The Morgan fingerprint density at radius 3 is 2.31 bits per heavy atom. The van der Waals surface area contributed by atoms with Crippen LogP contribution < -0.4 is 9.47 Å².